The van der Waals surface area contributed by atoms with E-state index in [4.69, 9.17) is 0 Å². The molecule has 2 atom stereocenters. The van der Waals surface area contributed by atoms with Gasteiger partial charge < -0.3 is 5.32 Å². The van der Waals surface area contributed by atoms with E-state index in [0.29, 0.717) is 0 Å². The van der Waals surface area contributed by atoms with E-state index in [-0.39, 0.29) is 0 Å². The van der Waals surface area contributed by atoms with E-state index in [1.807, 2.05) is 0 Å². The van der Waals surface area contributed by atoms with Crippen LogP contribution in [0.5, 0.6) is 0 Å². The van der Waals surface area contributed by atoms with Crippen LogP contribution in [0.2, 0.25) is 0 Å². The first-order valence-corrected chi connectivity index (χ1v) is 7.50. The smallest absolute Gasteiger partial charge is 0.00178 e. The molecule has 1 aliphatic rings. The summed E-state index contributed by atoms with van der Waals surface area (Å²) < 4.78 is 0. The number of benzene rings is 1. The minimum absolute atomic E-state index is 0.771. The summed E-state index contributed by atoms with van der Waals surface area (Å²) in [5, 5.41) is 3.61. The molecule has 0 bridgehead atoms. The Morgan fingerprint density at radius 2 is 1.83 bits per heavy atom. The number of hydrogen-bond acceptors (Lipinski definition) is 1. The van der Waals surface area contributed by atoms with Crippen molar-refractivity contribution in [2.24, 2.45) is 17.8 Å². The minimum Gasteiger partial charge on any atom is -0.316 e. The zero-order valence-corrected chi connectivity index (χ0v) is 11.9. The lowest BCUT2D eigenvalue weighted by molar-refractivity contribution is 0.159. The first-order chi connectivity index (χ1) is 8.75. The largest absolute Gasteiger partial charge is 0.316 e. The fraction of sp³-hybridized carbons (Fsp3) is 0.647. The maximum absolute atomic E-state index is 3.61. The molecule has 1 fully saturated rings. The molecule has 18 heavy (non-hydrogen) atoms. The van der Waals surface area contributed by atoms with E-state index in [1.54, 1.807) is 0 Å². The van der Waals surface area contributed by atoms with Crippen molar-refractivity contribution in [3.8, 4) is 0 Å². The van der Waals surface area contributed by atoms with Crippen molar-refractivity contribution in [1.82, 2.24) is 5.32 Å². The first kappa shape index (κ1) is 13.6. The van der Waals surface area contributed by atoms with Gasteiger partial charge in [-0.1, -0.05) is 44.2 Å². The Morgan fingerprint density at radius 3 is 2.44 bits per heavy atom. The summed E-state index contributed by atoms with van der Waals surface area (Å²) in [4.78, 5) is 0. The highest BCUT2D eigenvalue weighted by molar-refractivity contribution is 5.14. The second kappa shape index (κ2) is 6.94. The molecule has 1 heteroatoms. The minimum atomic E-state index is 0.771. The Kier molecular flexibility index (Phi) is 5.25. The third kappa shape index (κ3) is 4.13. The Morgan fingerprint density at radius 1 is 1.11 bits per heavy atom. The molecule has 1 aliphatic carbocycles. The van der Waals surface area contributed by atoms with Crippen LogP contribution in [0.4, 0.5) is 0 Å². The third-order valence-corrected chi connectivity index (χ3v) is 4.18. The molecule has 100 valence electrons. The summed E-state index contributed by atoms with van der Waals surface area (Å²) in [6.45, 7) is 6.96. The second-order valence-corrected chi connectivity index (χ2v) is 6.17. The van der Waals surface area contributed by atoms with Gasteiger partial charge in [0, 0.05) is 0 Å². The molecule has 0 aromatic heterocycles. The van der Waals surface area contributed by atoms with Gasteiger partial charge >= 0.3 is 0 Å². The molecule has 0 saturated heterocycles. The fourth-order valence-corrected chi connectivity index (χ4v) is 2.84. The lowest BCUT2D eigenvalue weighted by Crippen LogP contribution is -2.36. The molecule has 0 spiro atoms. The maximum Gasteiger partial charge on any atom is -0.00178 e. The van der Waals surface area contributed by atoms with E-state index >= 15 is 0 Å². The van der Waals surface area contributed by atoms with Crippen molar-refractivity contribution in [3.05, 3.63) is 35.9 Å². The van der Waals surface area contributed by atoms with Crippen LogP contribution in [0.15, 0.2) is 30.3 Å². The summed E-state index contributed by atoms with van der Waals surface area (Å²) in [5.41, 5.74) is 1.50. The van der Waals surface area contributed by atoms with E-state index in [9.17, 15) is 0 Å². The van der Waals surface area contributed by atoms with Gasteiger partial charge in [-0.2, -0.15) is 0 Å². The standard InChI is InChI=1S/C17H27N/c1-14(2)12-18-13-17-11-10-16(17)9-8-15-6-4-3-5-7-15/h3-7,14,16-18H,8-13H2,1-2H3. The third-order valence-electron chi connectivity index (χ3n) is 4.18. The van der Waals surface area contributed by atoms with Crippen molar-refractivity contribution in [1.29, 1.82) is 0 Å². The van der Waals surface area contributed by atoms with Gasteiger partial charge in [-0.3, -0.25) is 0 Å². The highest BCUT2D eigenvalue weighted by atomic mass is 14.9. The molecule has 1 aromatic carbocycles. The molecule has 2 unspecified atom stereocenters. The Bertz CT molecular complexity index is 331. The fourth-order valence-electron chi connectivity index (χ4n) is 2.84. The predicted octanol–water partition coefficient (Wildman–Crippen LogP) is 3.89. The van der Waals surface area contributed by atoms with Gasteiger partial charge in [0.15, 0.2) is 0 Å². The number of rotatable bonds is 7. The van der Waals surface area contributed by atoms with Gasteiger partial charge in [0.2, 0.25) is 0 Å². The van der Waals surface area contributed by atoms with E-state index < -0.39 is 0 Å². The van der Waals surface area contributed by atoms with Crippen molar-refractivity contribution in [2.75, 3.05) is 13.1 Å². The van der Waals surface area contributed by atoms with Gasteiger partial charge in [0.25, 0.3) is 0 Å². The van der Waals surface area contributed by atoms with Gasteiger partial charge in [-0.15, -0.1) is 0 Å². The summed E-state index contributed by atoms with van der Waals surface area (Å²) in [7, 11) is 0. The summed E-state index contributed by atoms with van der Waals surface area (Å²) in [5.74, 6) is 2.67. The van der Waals surface area contributed by atoms with Gasteiger partial charge in [-0.05, 0) is 62.1 Å². The molecule has 1 saturated carbocycles. The molecule has 1 N–H and O–H groups in total. The van der Waals surface area contributed by atoms with Crippen LogP contribution in [-0.2, 0) is 6.42 Å². The zero-order chi connectivity index (χ0) is 12.8. The maximum atomic E-state index is 3.61. The Hall–Kier alpha value is -0.820. The molecule has 2 rings (SSSR count). The number of aryl methyl sites for hydroxylation is 1. The van der Waals surface area contributed by atoms with Crippen molar-refractivity contribution >= 4 is 0 Å². The number of hydrogen-bond donors (Lipinski definition) is 1. The van der Waals surface area contributed by atoms with E-state index in [0.717, 1.165) is 17.8 Å². The van der Waals surface area contributed by atoms with Crippen molar-refractivity contribution in [2.45, 2.75) is 39.5 Å². The van der Waals surface area contributed by atoms with Crippen LogP contribution < -0.4 is 5.32 Å². The molecule has 0 aliphatic heterocycles. The molecule has 1 aromatic rings. The summed E-state index contributed by atoms with van der Waals surface area (Å²) >= 11 is 0. The predicted molar refractivity (Wildman–Crippen MR) is 78.7 cm³/mol. The topological polar surface area (TPSA) is 12.0 Å². The molecule has 0 amide bonds. The van der Waals surface area contributed by atoms with Crippen molar-refractivity contribution in [3.63, 3.8) is 0 Å². The average Bonchev–Trinajstić information content (AvgIpc) is 2.34. The quantitative estimate of drug-likeness (QED) is 0.768. The van der Waals surface area contributed by atoms with Gasteiger partial charge in [0.1, 0.15) is 0 Å². The highest BCUT2D eigenvalue weighted by Gasteiger charge is 2.29. The van der Waals surface area contributed by atoms with Gasteiger partial charge in [-0.25, -0.2) is 0 Å². The van der Waals surface area contributed by atoms with Gasteiger partial charge in [0.05, 0.1) is 0 Å². The Balaban J connectivity index is 1.65. The summed E-state index contributed by atoms with van der Waals surface area (Å²) in [6, 6.07) is 10.9. The van der Waals surface area contributed by atoms with Crippen LogP contribution in [0.1, 0.15) is 38.7 Å². The second-order valence-electron chi connectivity index (χ2n) is 6.17. The van der Waals surface area contributed by atoms with E-state index in [1.165, 1.54) is 44.3 Å². The van der Waals surface area contributed by atoms with Crippen LogP contribution in [0.25, 0.3) is 0 Å². The van der Waals surface area contributed by atoms with Crippen LogP contribution in [0, 0.1) is 17.8 Å². The lowest BCUT2D eigenvalue weighted by atomic mass is 9.71. The van der Waals surface area contributed by atoms with Crippen LogP contribution >= 0.6 is 0 Å². The Labute approximate surface area is 112 Å². The number of nitrogens with one attached hydrogen (secondary N) is 1. The van der Waals surface area contributed by atoms with Crippen LogP contribution in [-0.4, -0.2) is 13.1 Å². The van der Waals surface area contributed by atoms with E-state index in [2.05, 4.69) is 49.5 Å². The molecular formula is C17H27N. The normalized spacial score (nSPS) is 23.1. The highest BCUT2D eigenvalue weighted by Crippen LogP contribution is 2.37. The zero-order valence-electron chi connectivity index (χ0n) is 11.9. The molecule has 0 radical (unpaired) electrons. The SMILES string of the molecule is CC(C)CNCC1CCC1CCc1ccccc1. The summed E-state index contributed by atoms with van der Waals surface area (Å²) in [6.07, 6.45) is 5.51. The van der Waals surface area contributed by atoms with Crippen molar-refractivity contribution < 1.29 is 0 Å². The molecule has 1 nitrogen and oxygen atoms in total. The molecule has 0 heterocycles. The first-order valence-electron chi connectivity index (χ1n) is 7.50. The average molecular weight is 245 g/mol. The lowest BCUT2D eigenvalue weighted by Gasteiger charge is -2.37. The molecular weight excluding hydrogens is 218 g/mol. The monoisotopic (exact) mass is 245 g/mol. The van der Waals surface area contributed by atoms with Crippen LogP contribution in [0.3, 0.4) is 0 Å².